The van der Waals surface area contributed by atoms with Gasteiger partial charge in [-0.05, 0) is 107 Å². The van der Waals surface area contributed by atoms with Gasteiger partial charge in [-0.1, -0.05) is 156 Å². The molecule has 2 heterocycles. The van der Waals surface area contributed by atoms with Crippen molar-refractivity contribution in [1.82, 2.24) is 0 Å². The number of benzene rings is 7. The number of nitrogens with zero attached hydrogens (tertiary/aromatic N) is 2. The van der Waals surface area contributed by atoms with Crippen molar-refractivity contribution in [1.29, 1.82) is 0 Å². The molecule has 0 amide bonds. The molecule has 0 bridgehead atoms. The van der Waals surface area contributed by atoms with Gasteiger partial charge in [-0.15, -0.1) is 13.2 Å². The largest absolute Gasteiger partial charge is 0.573 e. The third-order valence-corrected chi connectivity index (χ3v) is 12.9. The van der Waals surface area contributed by atoms with Crippen molar-refractivity contribution in [3.63, 3.8) is 0 Å². The zero-order chi connectivity index (χ0) is 44.5. The highest BCUT2D eigenvalue weighted by Gasteiger charge is 2.46. The topological polar surface area (TPSA) is 15.7 Å². The molecule has 7 aromatic carbocycles. The van der Waals surface area contributed by atoms with Gasteiger partial charge in [0.25, 0.3) is 6.71 Å². The normalized spacial score (nSPS) is 14.3. The summed E-state index contributed by atoms with van der Waals surface area (Å²) in [5, 5.41) is 4.21. The minimum atomic E-state index is -4.92. The Hall–Kier alpha value is -5.69. The van der Waals surface area contributed by atoms with E-state index < -0.39 is 6.36 Å². The molecule has 0 aliphatic carbocycles. The van der Waals surface area contributed by atoms with Gasteiger partial charge in [0, 0.05) is 57.0 Å². The second-order valence-corrected chi connectivity index (χ2v) is 21.5. The fraction of sp³-hybridized carbons (Fsp3) is 0.309. The predicted octanol–water partition coefficient (Wildman–Crippen LogP) is 14.2. The van der Waals surface area contributed by atoms with Gasteiger partial charge in [-0.3, -0.25) is 0 Å². The van der Waals surface area contributed by atoms with Crippen LogP contribution in [0.4, 0.5) is 47.3 Å². The molecular formula is C55H56BF3N2O. The quantitative estimate of drug-likeness (QED) is 0.165. The molecule has 0 spiro atoms. The van der Waals surface area contributed by atoms with Gasteiger partial charge in [0.1, 0.15) is 5.75 Å². The molecule has 0 unspecified atom stereocenters. The number of ether oxygens (including phenoxy) is 1. The van der Waals surface area contributed by atoms with Gasteiger partial charge in [0.2, 0.25) is 0 Å². The van der Waals surface area contributed by atoms with Crippen molar-refractivity contribution in [2.75, 3.05) is 9.80 Å². The average molecular weight is 829 g/mol. The number of rotatable bonds is 3. The monoisotopic (exact) mass is 828 g/mol. The SMILES string of the molecule is CC(C)(C)c1cccc(N2c3cc(OC(F)(F)F)cc4c3B(c3ccc5ccc(C(C)(C)C)cc5c32)c2ccc3ccc(C(C)(C)C)cc3c2N4c2cccc(C(C)(C)C)c2)c1. The summed E-state index contributed by atoms with van der Waals surface area (Å²) in [6.45, 7) is 26.1. The third-order valence-electron chi connectivity index (χ3n) is 12.9. The van der Waals surface area contributed by atoms with Crippen LogP contribution in [0, 0.1) is 0 Å². The first-order chi connectivity index (χ1) is 28.9. The molecule has 0 radical (unpaired) electrons. The van der Waals surface area contributed by atoms with Gasteiger partial charge < -0.3 is 14.5 Å². The Morgan fingerprint density at radius 2 is 0.806 bits per heavy atom. The summed E-state index contributed by atoms with van der Waals surface area (Å²) in [7, 11) is 0. The first-order valence-electron chi connectivity index (χ1n) is 21.8. The second-order valence-electron chi connectivity index (χ2n) is 21.5. The minimum absolute atomic E-state index is 0.148. The molecule has 0 saturated carbocycles. The van der Waals surface area contributed by atoms with Crippen molar-refractivity contribution < 1.29 is 17.9 Å². The maximum Gasteiger partial charge on any atom is 0.573 e. The number of halogens is 3. The van der Waals surface area contributed by atoms with Crippen LogP contribution in [-0.4, -0.2) is 13.1 Å². The van der Waals surface area contributed by atoms with Crippen LogP contribution in [0.3, 0.4) is 0 Å². The van der Waals surface area contributed by atoms with Gasteiger partial charge in [-0.25, -0.2) is 0 Å². The van der Waals surface area contributed by atoms with E-state index in [4.69, 9.17) is 4.74 Å². The number of hydrogen-bond acceptors (Lipinski definition) is 3. The lowest BCUT2D eigenvalue weighted by Crippen LogP contribution is -2.61. The Morgan fingerprint density at radius 1 is 0.435 bits per heavy atom. The van der Waals surface area contributed by atoms with Crippen molar-refractivity contribution in [2.45, 2.75) is 111 Å². The summed E-state index contributed by atoms with van der Waals surface area (Å²) in [6.07, 6.45) is -4.92. The molecule has 0 aromatic heterocycles. The zero-order valence-electron chi connectivity index (χ0n) is 38.1. The van der Waals surface area contributed by atoms with Crippen molar-refractivity contribution in [3.8, 4) is 5.75 Å². The van der Waals surface area contributed by atoms with Crippen LogP contribution in [0.1, 0.15) is 105 Å². The lowest BCUT2D eigenvalue weighted by Gasteiger charge is -2.45. The molecule has 2 aliphatic rings. The van der Waals surface area contributed by atoms with Crippen molar-refractivity contribution >= 4 is 78.8 Å². The van der Waals surface area contributed by atoms with E-state index in [1.807, 2.05) is 0 Å². The number of anilines is 6. The minimum Gasteiger partial charge on any atom is -0.406 e. The summed E-state index contributed by atoms with van der Waals surface area (Å²) >= 11 is 0. The maximum atomic E-state index is 14.7. The highest BCUT2D eigenvalue weighted by molar-refractivity contribution is 7.00. The molecule has 0 fully saturated rings. The van der Waals surface area contributed by atoms with Crippen LogP contribution in [0.25, 0.3) is 21.5 Å². The highest BCUT2D eigenvalue weighted by atomic mass is 19.4. The zero-order valence-corrected chi connectivity index (χ0v) is 38.1. The predicted molar refractivity (Wildman–Crippen MR) is 257 cm³/mol. The summed E-state index contributed by atoms with van der Waals surface area (Å²) < 4.78 is 49.0. The second kappa shape index (κ2) is 13.9. The van der Waals surface area contributed by atoms with E-state index in [1.54, 1.807) is 12.1 Å². The Bertz CT molecular complexity index is 2750. The molecule has 0 N–H and O–H groups in total. The van der Waals surface area contributed by atoms with E-state index >= 15 is 0 Å². The Balaban J connectivity index is 1.49. The van der Waals surface area contributed by atoms with Crippen molar-refractivity contribution in [2.24, 2.45) is 0 Å². The van der Waals surface area contributed by atoms with Gasteiger partial charge in [0.15, 0.2) is 0 Å². The standard InChI is InChI=1S/C55H56BF3N2O/c1-51(2,3)35-15-13-17-39(27-35)60-46-31-41(62-55(57,58)59)32-47-48(46)56(44-25-21-33-19-23-37(53(7,8)9)29-42(33)49(44)60)45-26-22-34-20-24-38(54(10,11)12)30-43(34)50(45)61(47)40-18-14-16-36(28-40)52(4,5)6/h13-32H,1-12H3. The van der Waals surface area contributed by atoms with E-state index in [9.17, 15) is 13.2 Å². The molecule has 7 heteroatoms. The highest BCUT2D eigenvalue weighted by Crippen LogP contribution is 2.50. The van der Waals surface area contributed by atoms with Crippen LogP contribution in [-0.2, 0) is 21.7 Å². The smallest absolute Gasteiger partial charge is 0.406 e. The summed E-state index contributed by atoms with van der Waals surface area (Å²) in [4.78, 5) is 4.43. The summed E-state index contributed by atoms with van der Waals surface area (Å²) in [5.41, 5.74) is 12.0. The van der Waals surface area contributed by atoms with E-state index in [1.165, 1.54) is 11.1 Å². The van der Waals surface area contributed by atoms with Gasteiger partial charge in [-0.2, -0.15) is 0 Å². The molecule has 9 rings (SSSR count). The summed E-state index contributed by atoms with van der Waals surface area (Å²) in [6, 6.07) is 42.5. The lowest BCUT2D eigenvalue weighted by atomic mass is 9.33. The number of fused-ring (bicyclic) bond motifs is 8. The van der Waals surface area contributed by atoms with E-state index in [-0.39, 0.29) is 34.1 Å². The molecule has 0 atom stereocenters. The van der Waals surface area contributed by atoms with E-state index in [2.05, 4.69) is 202 Å². The van der Waals surface area contributed by atoms with Crippen molar-refractivity contribution in [3.05, 3.63) is 144 Å². The Kier molecular flexibility index (Phi) is 9.35. The number of hydrogen-bond donors (Lipinski definition) is 0. The van der Waals surface area contributed by atoms with Crippen LogP contribution in [0.5, 0.6) is 5.75 Å². The average Bonchev–Trinajstić information content (AvgIpc) is 3.18. The molecule has 0 saturated heterocycles. The number of alkyl halides is 3. The molecule has 3 nitrogen and oxygen atoms in total. The maximum absolute atomic E-state index is 14.7. The van der Waals surface area contributed by atoms with Crippen LogP contribution in [0.2, 0.25) is 0 Å². The Labute approximate surface area is 365 Å². The van der Waals surface area contributed by atoms with E-state index in [0.29, 0.717) is 11.4 Å². The first-order valence-corrected chi connectivity index (χ1v) is 21.8. The first kappa shape index (κ1) is 41.7. The summed E-state index contributed by atoms with van der Waals surface area (Å²) in [5.74, 6) is -0.267. The van der Waals surface area contributed by atoms with Crippen LogP contribution in [0.15, 0.2) is 121 Å². The van der Waals surface area contributed by atoms with Gasteiger partial charge >= 0.3 is 6.36 Å². The Morgan fingerprint density at radius 3 is 1.18 bits per heavy atom. The van der Waals surface area contributed by atoms with Crippen LogP contribution >= 0.6 is 0 Å². The third kappa shape index (κ3) is 7.11. The molecule has 7 aromatic rings. The molecule has 62 heavy (non-hydrogen) atoms. The molecule has 316 valence electrons. The molecule has 2 aliphatic heterocycles. The molecular weight excluding hydrogens is 772 g/mol. The van der Waals surface area contributed by atoms with E-state index in [0.717, 1.165) is 71.8 Å². The lowest BCUT2D eigenvalue weighted by molar-refractivity contribution is -0.274. The fourth-order valence-electron chi connectivity index (χ4n) is 9.47. The fourth-order valence-corrected chi connectivity index (χ4v) is 9.47. The van der Waals surface area contributed by atoms with Crippen LogP contribution < -0.4 is 30.9 Å². The van der Waals surface area contributed by atoms with Gasteiger partial charge in [0.05, 0.1) is 0 Å².